The molecule has 98 valence electrons. The van der Waals surface area contributed by atoms with Crippen LogP contribution in [0.5, 0.6) is 5.75 Å². The van der Waals surface area contributed by atoms with E-state index in [4.69, 9.17) is 9.57 Å². The topological polar surface area (TPSA) is 48.6 Å². The van der Waals surface area contributed by atoms with Gasteiger partial charge in [0.25, 0.3) is 0 Å². The zero-order chi connectivity index (χ0) is 13.1. The quantitative estimate of drug-likeness (QED) is 0.790. The van der Waals surface area contributed by atoms with Crippen LogP contribution in [0.25, 0.3) is 0 Å². The highest BCUT2D eigenvalue weighted by Gasteiger charge is 2.12. The van der Waals surface area contributed by atoms with Crippen molar-refractivity contribution in [2.75, 3.05) is 13.7 Å². The molecule has 3 rings (SSSR count). The molecule has 1 aliphatic heterocycles. The maximum atomic E-state index is 5.47. The van der Waals surface area contributed by atoms with Crippen LogP contribution >= 0.6 is 0 Å². The summed E-state index contributed by atoms with van der Waals surface area (Å²) in [6.45, 7) is 0.746. The molecule has 0 spiro atoms. The van der Waals surface area contributed by atoms with Crippen LogP contribution in [0.3, 0.4) is 0 Å². The van der Waals surface area contributed by atoms with Gasteiger partial charge in [-0.05, 0) is 18.6 Å². The fraction of sp³-hybridized carbons (Fsp3) is 0.286. The normalized spacial score (nSPS) is 14.2. The van der Waals surface area contributed by atoms with Crippen LogP contribution in [0.1, 0.15) is 17.9 Å². The maximum Gasteiger partial charge on any atom is 0.145 e. The summed E-state index contributed by atoms with van der Waals surface area (Å²) >= 11 is 0. The van der Waals surface area contributed by atoms with Crippen molar-refractivity contribution in [3.8, 4) is 5.75 Å². The second-order valence-electron chi connectivity index (χ2n) is 4.30. The SMILES string of the molecule is COc1cccc(/N=C/c2cn3c(n2)CCCO3)c1. The number of ether oxygens (including phenoxy) is 1. The van der Waals surface area contributed by atoms with Crippen molar-refractivity contribution in [1.82, 2.24) is 9.71 Å². The molecule has 0 fully saturated rings. The number of fused-ring (bicyclic) bond motifs is 1. The lowest BCUT2D eigenvalue weighted by Gasteiger charge is -2.13. The largest absolute Gasteiger partial charge is 0.497 e. The number of imidazole rings is 1. The van der Waals surface area contributed by atoms with Gasteiger partial charge < -0.3 is 9.57 Å². The van der Waals surface area contributed by atoms with Crippen LogP contribution in [0.2, 0.25) is 0 Å². The second kappa shape index (κ2) is 5.14. The number of aryl methyl sites for hydroxylation is 1. The second-order valence-corrected chi connectivity index (χ2v) is 4.30. The summed E-state index contributed by atoms with van der Waals surface area (Å²) in [5.41, 5.74) is 1.64. The van der Waals surface area contributed by atoms with Gasteiger partial charge in [-0.2, -0.15) is 4.73 Å². The van der Waals surface area contributed by atoms with Crippen molar-refractivity contribution in [3.63, 3.8) is 0 Å². The van der Waals surface area contributed by atoms with Gasteiger partial charge in [0.15, 0.2) is 0 Å². The van der Waals surface area contributed by atoms with E-state index in [0.29, 0.717) is 0 Å². The van der Waals surface area contributed by atoms with E-state index in [1.54, 1.807) is 18.1 Å². The highest BCUT2D eigenvalue weighted by molar-refractivity contribution is 5.79. The van der Waals surface area contributed by atoms with E-state index < -0.39 is 0 Å². The van der Waals surface area contributed by atoms with E-state index in [1.807, 2.05) is 30.5 Å². The van der Waals surface area contributed by atoms with Crippen molar-refractivity contribution in [3.05, 3.63) is 42.0 Å². The third kappa shape index (κ3) is 2.59. The van der Waals surface area contributed by atoms with Gasteiger partial charge in [0.1, 0.15) is 23.9 Å². The lowest BCUT2D eigenvalue weighted by atomic mass is 10.3. The van der Waals surface area contributed by atoms with E-state index in [0.717, 1.165) is 42.4 Å². The summed E-state index contributed by atoms with van der Waals surface area (Å²) in [5, 5.41) is 0. The molecule has 0 saturated carbocycles. The molecular formula is C14H15N3O2. The molecule has 0 saturated heterocycles. The van der Waals surface area contributed by atoms with E-state index in [9.17, 15) is 0 Å². The Morgan fingerprint density at radius 1 is 1.47 bits per heavy atom. The number of hydrogen-bond acceptors (Lipinski definition) is 4. The van der Waals surface area contributed by atoms with Crippen LogP contribution in [0, 0.1) is 0 Å². The number of benzene rings is 1. The van der Waals surface area contributed by atoms with Gasteiger partial charge in [-0.1, -0.05) is 6.07 Å². The summed E-state index contributed by atoms with van der Waals surface area (Å²) in [6, 6.07) is 7.60. The summed E-state index contributed by atoms with van der Waals surface area (Å²) in [6.07, 6.45) is 5.57. The Morgan fingerprint density at radius 2 is 2.42 bits per heavy atom. The number of hydrogen-bond donors (Lipinski definition) is 0. The van der Waals surface area contributed by atoms with E-state index in [1.165, 1.54) is 0 Å². The van der Waals surface area contributed by atoms with Crippen molar-refractivity contribution in [1.29, 1.82) is 0 Å². The molecule has 1 aromatic carbocycles. The molecule has 0 N–H and O–H groups in total. The Morgan fingerprint density at radius 3 is 3.26 bits per heavy atom. The molecule has 0 amide bonds. The number of methoxy groups -OCH3 is 1. The number of nitrogens with zero attached hydrogens (tertiary/aromatic N) is 3. The highest BCUT2D eigenvalue weighted by atomic mass is 16.7. The van der Waals surface area contributed by atoms with Crippen molar-refractivity contribution in [2.45, 2.75) is 12.8 Å². The van der Waals surface area contributed by atoms with Gasteiger partial charge in [-0.3, -0.25) is 4.99 Å². The summed E-state index contributed by atoms with van der Waals surface area (Å²) in [4.78, 5) is 14.3. The molecule has 0 radical (unpaired) electrons. The molecule has 5 nitrogen and oxygen atoms in total. The van der Waals surface area contributed by atoms with Crippen LogP contribution in [0.4, 0.5) is 5.69 Å². The molecule has 0 aliphatic carbocycles. The summed E-state index contributed by atoms with van der Waals surface area (Å²) in [5.74, 6) is 1.75. The van der Waals surface area contributed by atoms with Crippen LogP contribution in [-0.2, 0) is 6.42 Å². The Hall–Kier alpha value is -2.30. The fourth-order valence-corrected chi connectivity index (χ4v) is 1.99. The zero-order valence-corrected chi connectivity index (χ0v) is 10.7. The maximum absolute atomic E-state index is 5.47. The minimum absolute atomic E-state index is 0.746. The standard InChI is InChI=1S/C14H15N3O2/c1-18-13-5-2-4-11(8-13)15-9-12-10-17-14(16-12)6-3-7-19-17/h2,4-5,8-10H,3,6-7H2,1H3/b15-9+. The Bertz CT molecular complexity index is 581. The third-order valence-corrected chi connectivity index (χ3v) is 2.94. The first-order valence-corrected chi connectivity index (χ1v) is 6.25. The van der Waals surface area contributed by atoms with Crippen LogP contribution in [0.15, 0.2) is 35.5 Å². The predicted octanol–water partition coefficient (Wildman–Crippen LogP) is 2.02. The molecule has 1 aromatic heterocycles. The van der Waals surface area contributed by atoms with Gasteiger partial charge in [-0.15, -0.1) is 0 Å². The molecule has 2 heterocycles. The third-order valence-electron chi connectivity index (χ3n) is 2.94. The molecular weight excluding hydrogens is 242 g/mol. The van der Waals surface area contributed by atoms with E-state index in [2.05, 4.69) is 9.98 Å². The lowest BCUT2D eigenvalue weighted by molar-refractivity contribution is 0.0803. The van der Waals surface area contributed by atoms with Gasteiger partial charge in [0, 0.05) is 12.5 Å². The summed E-state index contributed by atoms with van der Waals surface area (Å²) < 4.78 is 6.89. The predicted molar refractivity (Wildman–Crippen MR) is 72.2 cm³/mol. The van der Waals surface area contributed by atoms with Crippen molar-refractivity contribution >= 4 is 11.9 Å². The average Bonchev–Trinajstić information content (AvgIpc) is 2.88. The molecule has 1 aliphatic rings. The van der Waals surface area contributed by atoms with E-state index in [-0.39, 0.29) is 0 Å². The average molecular weight is 257 g/mol. The van der Waals surface area contributed by atoms with Gasteiger partial charge in [0.05, 0.1) is 25.2 Å². The van der Waals surface area contributed by atoms with Crippen LogP contribution in [-0.4, -0.2) is 29.6 Å². The van der Waals surface area contributed by atoms with Gasteiger partial charge >= 0.3 is 0 Å². The number of aliphatic imine (C=N–C) groups is 1. The molecule has 2 aromatic rings. The first-order valence-electron chi connectivity index (χ1n) is 6.25. The number of rotatable bonds is 3. The molecule has 0 atom stereocenters. The minimum Gasteiger partial charge on any atom is -0.497 e. The Labute approximate surface area is 111 Å². The van der Waals surface area contributed by atoms with Gasteiger partial charge in [-0.25, -0.2) is 4.98 Å². The molecule has 19 heavy (non-hydrogen) atoms. The van der Waals surface area contributed by atoms with Gasteiger partial charge in [0.2, 0.25) is 0 Å². The van der Waals surface area contributed by atoms with Crippen molar-refractivity contribution < 1.29 is 9.57 Å². The lowest BCUT2D eigenvalue weighted by Crippen LogP contribution is -2.21. The first-order chi connectivity index (χ1) is 9.35. The minimum atomic E-state index is 0.746. The van der Waals surface area contributed by atoms with Crippen LogP contribution < -0.4 is 9.57 Å². The smallest absolute Gasteiger partial charge is 0.145 e. The zero-order valence-electron chi connectivity index (χ0n) is 10.7. The first kappa shape index (κ1) is 11.8. The van der Waals surface area contributed by atoms with E-state index >= 15 is 0 Å². The summed E-state index contributed by atoms with van der Waals surface area (Å²) in [7, 11) is 1.64. The Balaban J connectivity index is 1.80. The molecule has 5 heteroatoms. The molecule has 0 bridgehead atoms. The Kier molecular flexibility index (Phi) is 3.18. The molecule has 0 unspecified atom stereocenters. The highest BCUT2D eigenvalue weighted by Crippen LogP contribution is 2.19. The van der Waals surface area contributed by atoms with Crippen molar-refractivity contribution in [2.24, 2.45) is 4.99 Å². The number of aromatic nitrogens is 2. The monoisotopic (exact) mass is 257 g/mol. The fourth-order valence-electron chi connectivity index (χ4n) is 1.99.